The number of ketones is 1. The summed E-state index contributed by atoms with van der Waals surface area (Å²) in [4.78, 5) is 11.8. The van der Waals surface area contributed by atoms with Crippen LogP contribution < -0.4 is 0 Å². The van der Waals surface area contributed by atoms with Crippen molar-refractivity contribution < 1.29 is 22.0 Å². The van der Waals surface area contributed by atoms with E-state index in [4.69, 9.17) is 4.42 Å². The Morgan fingerprint density at radius 2 is 1.79 bits per heavy atom. The molecule has 0 aliphatic carbocycles. The van der Waals surface area contributed by atoms with Crippen LogP contribution >= 0.6 is 0 Å². The molecule has 6 heteroatoms. The van der Waals surface area contributed by atoms with Crippen LogP contribution in [0.25, 0.3) is 11.0 Å². The van der Waals surface area contributed by atoms with Crippen molar-refractivity contribution in [2.75, 3.05) is 0 Å². The number of rotatable bonds is 4. The molecule has 0 bridgehead atoms. The van der Waals surface area contributed by atoms with Crippen LogP contribution in [0.5, 0.6) is 0 Å². The maximum Gasteiger partial charge on any atom is 0.182 e. The van der Waals surface area contributed by atoms with Crippen LogP contribution in [-0.4, -0.2) is 14.2 Å². The topological polar surface area (TPSA) is 64.3 Å². The maximum atomic E-state index is 13.0. The molecular weight excluding hydrogens is 331 g/mol. The minimum Gasteiger partial charge on any atom is -0.461 e. The number of sulfone groups is 1. The Labute approximate surface area is 138 Å². The summed E-state index contributed by atoms with van der Waals surface area (Å²) < 4.78 is 43.4. The van der Waals surface area contributed by atoms with E-state index in [0.29, 0.717) is 27.9 Å². The Morgan fingerprint density at radius 1 is 1.12 bits per heavy atom. The number of furan rings is 1. The van der Waals surface area contributed by atoms with Crippen LogP contribution in [0.4, 0.5) is 4.39 Å². The van der Waals surface area contributed by atoms with E-state index in [1.165, 1.54) is 19.1 Å². The number of Topliss-reactive ketones (excluding diaryl/α,β-unsaturated/α-hetero) is 1. The van der Waals surface area contributed by atoms with Gasteiger partial charge in [0.25, 0.3) is 0 Å². The van der Waals surface area contributed by atoms with Gasteiger partial charge in [0.1, 0.15) is 17.2 Å². The average Bonchev–Trinajstić information content (AvgIpc) is 2.82. The van der Waals surface area contributed by atoms with Gasteiger partial charge in [-0.3, -0.25) is 4.79 Å². The lowest BCUT2D eigenvalue weighted by molar-refractivity contribution is 0.101. The van der Waals surface area contributed by atoms with Gasteiger partial charge in [-0.05, 0) is 55.8 Å². The molecule has 1 aromatic heterocycles. The van der Waals surface area contributed by atoms with Gasteiger partial charge in [-0.2, -0.15) is 0 Å². The number of carbonyl (C=O) groups is 1. The fraction of sp³-hybridized carbons (Fsp3) is 0.167. The van der Waals surface area contributed by atoms with E-state index in [9.17, 15) is 17.6 Å². The summed E-state index contributed by atoms with van der Waals surface area (Å²) in [5.74, 6) is -0.355. The number of hydrogen-bond acceptors (Lipinski definition) is 4. The summed E-state index contributed by atoms with van der Waals surface area (Å²) in [5, 5.41) is 0.604. The normalized spacial score (nSPS) is 11.8. The molecule has 0 amide bonds. The fourth-order valence-corrected chi connectivity index (χ4v) is 4.07. The first kappa shape index (κ1) is 16.4. The molecule has 0 saturated heterocycles. The number of aryl methyl sites for hydroxylation is 1. The SMILES string of the molecule is CC(=O)c1c(C)oc2ccc(CS(=O)(=O)c3ccc(F)cc3)cc12. The third-order valence-corrected chi connectivity index (χ3v) is 5.51. The van der Waals surface area contributed by atoms with Crippen molar-refractivity contribution >= 4 is 26.6 Å². The van der Waals surface area contributed by atoms with Crippen molar-refractivity contribution in [1.82, 2.24) is 0 Å². The van der Waals surface area contributed by atoms with Crippen molar-refractivity contribution in [3.63, 3.8) is 0 Å². The lowest BCUT2D eigenvalue weighted by atomic mass is 10.1. The highest BCUT2D eigenvalue weighted by molar-refractivity contribution is 7.90. The second kappa shape index (κ2) is 5.87. The van der Waals surface area contributed by atoms with Crippen LogP contribution in [-0.2, 0) is 15.6 Å². The first-order valence-electron chi connectivity index (χ1n) is 7.29. The smallest absolute Gasteiger partial charge is 0.182 e. The largest absolute Gasteiger partial charge is 0.461 e. The van der Waals surface area contributed by atoms with Gasteiger partial charge in [-0.15, -0.1) is 0 Å². The minimum atomic E-state index is -3.61. The van der Waals surface area contributed by atoms with Crippen molar-refractivity contribution in [3.05, 3.63) is 65.2 Å². The van der Waals surface area contributed by atoms with Crippen molar-refractivity contribution in [1.29, 1.82) is 0 Å². The Balaban J connectivity index is 2.02. The van der Waals surface area contributed by atoms with Gasteiger partial charge in [0, 0.05) is 5.39 Å². The third kappa shape index (κ3) is 2.97. The lowest BCUT2D eigenvalue weighted by Crippen LogP contribution is -2.05. The molecule has 0 fully saturated rings. The molecule has 0 radical (unpaired) electrons. The van der Waals surface area contributed by atoms with E-state index >= 15 is 0 Å². The molecule has 0 saturated carbocycles. The first-order valence-corrected chi connectivity index (χ1v) is 8.94. The molecule has 0 aliphatic heterocycles. The zero-order valence-electron chi connectivity index (χ0n) is 13.2. The number of halogens is 1. The molecule has 0 atom stereocenters. The van der Waals surface area contributed by atoms with Crippen molar-refractivity contribution in [2.24, 2.45) is 0 Å². The van der Waals surface area contributed by atoms with Gasteiger partial charge >= 0.3 is 0 Å². The van der Waals surface area contributed by atoms with Crippen LogP contribution in [0.3, 0.4) is 0 Å². The van der Waals surface area contributed by atoms with Gasteiger partial charge in [-0.1, -0.05) is 6.07 Å². The quantitative estimate of drug-likeness (QED) is 0.528. The summed E-state index contributed by atoms with van der Waals surface area (Å²) in [7, 11) is -3.61. The highest BCUT2D eigenvalue weighted by Gasteiger charge is 2.19. The average molecular weight is 346 g/mol. The molecule has 0 unspecified atom stereocenters. The summed E-state index contributed by atoms with van der Waals surface area (Å²) in [6.45, 7) is 3.14. The van der Waals surface area contributed by atoms with Crippen LogP contribution in [0.1, 0.15) is 28.6 Å². The molecule has 0 aliphatic rings. The molecule has 0 N–H and O–H groups in total. The third-order valence-electron chi connectivity index (χ3n) is 3.81. The van der Waals surface area contributed by atoms with E-state index in [2.05, 4.69) is 0 Å². The summed E-state index contributed by atoms with van der Waals surface area (Å²) in [6, 6.07) is 9.68. The predicted molar refractivity (Wildman–Crippen MR) is 88.2 cm³/mol. The minimum absolute atomic E-state index is 0.0548. The molecule has 3 aromatic rings. The molecule has 4 nitrogen and oxygen atoms in total. The summed E-state index contributed by atoms with van der Waals surface area (Å²) in [6.07, 6.45) is 0. The van der Waals surface area contributed by atoms with E-state index in [-0.39, 0.29) is 16.4 Å². The zero-order chi connectivity index (χ0) is 17.5. The lowest BCUT2D eigenvalue weighted by Gasteiger charge is -2.05. The van der Waals surface area contributed by atoms with E-state index in [1.807, 2.05) is 0 Å². The van der Waals surface area contributed by atoms with Gasteiger partial charge in [-0.25, -0.2) is 12.8 Å². The maximum absolute atomic E-state index is 13.0. The Morgan fingerprint density at radius 3 is 2.42 bits per heavy atom. The summed E-state index contributed by atoms with van der Waals surface area (Å²) >= 11 is 0. The molecule has 24 heavy (non-hydrogen) atoms. The van der Waals surface area contributed by atoms with Gasteiger partial charge in [0.05, 0.1) is 16.2 Å². The monoisotopic (exact) mass is 346 g/mol. The van der Waals surface area contributed by atoms with Crippen LogP contribution in [0.15, 0.2) is 51.8 Å². The molecule has 3 rings (SSSR count). The molecule has 0 spiro atoms. The second-order valence-corrected chi connectivity index (χ2v) is 7.62. The van der Waals surface area contributed by atoms with Crippen LogP contribution in [0.2, 0.25) is 0 Å². The van der Waals surface area contributed by atoms with Gasteiger partial charge in [0.15, 0.2) is 15.6 Å². The van der Waals surface area contributed by atoms with Gasteiger partial charge < -0.3 is 4.42 Å². The fourth-order valence-electron chi connectivity index (χ4n) is 2.74. The molecular formula is C18H15FO4S. The number of benzene rings is 2. The predicted octanol–water partition coefficient (Wildman–Crippen LogP) is 4.06. The van der Waals surface area contributed by atoms with E-state index in [0.717, 1.165) is 12.1 Å². The first-order chi connectivity index (χ1) is 11.3. The Kier molecular flexibility index (Phi) is 4.01. The van der Waals surface area contributed by atoms with E-state index < -0.39 is 15.7 Å². The molecule has 2 aromatic carbocycles. The van der Waals surface area contributed by atoms with Gasteiger partial charge in [0.2, 0.25) is 0 Å². The summed E-state index contributed by atoms with van der Waals surface area (Å²) in [5.41, 5.74) is 1.54. The highest BCUT2D eigenvalue weighted by atomic mass is 32.2. The highest BCUT2D eigenvalue weighted by Crippen LogP contribution is 2.28. The standard InChI is InChI=1S/C18H15FO4S/c1-11(20)18-12(2)23-17-8-3-13(9-16(17)18)10-24(21,22)15-6-4-14(19)5-7-15/h3-9H,10H2,1-2H3. The van der Waals surface area contributed by atoms with Crippen LogP contribution in [0, 0.1) is 12.7 Å². The Hall–Kier alpha value is -2.47. The number of fused-ring (bicyclic) bond motifs is 1. The second-order valence-electron chi connectivity index (χ2n) is 5.63. The van der Waals surface area contributed by atoms with Crippen molar-refractivity contribution in [2.45, 2.75) is 24.5 Å². The molecule has 1 heterocycles. The van der Waals surface area contributed by atoms with Crippen molar-refractivity contribution in [3.8, 4) is 0 Å². The van der Waals surface area contributed by atoms with E-state index in [1.54, 1.807) is 25.1 Å². The number of hydrogen-bond donors (Lipinski definition) is 0. The Bertz CT molecular complexity index is 1030. The zero-order valence-corrected chi connectivity index (χ0v) is 14.0. The number of carbonyl (C=O) groups excluding carboxylic acids is 1. The molecule has 124 valence electrons.